The van der Waals surface area contributed by atoms with E-state index >= 15 is 0 Å². The Morgan fingerprint density at radius 1 is 1.40 bits per heavy atom. The minimum Gasteiger partial charge on any atom is -0.546 e. The molecule has 82 valence electrons. The monoisotopic (exact) mass is 209 g/mol. The average molecular weight is 209 g/mol. The molecule has 4 heteroatoms. The van der Waals surface area contributed by atoms with E-state index in [0.717, 1.165) is 0 Å². The second-order valence-corrected chi connectivity index (χ2v) is 2.98. The maximum Gasteiger partial charge on any atom is 0.162 e. The van der Waals surface area contributed by atoms with Crippen molar-refractivity contribution >= 4 is 5.97 Å². The normalized spacial score (nSPS) is 11.9. The first-order chi connectivity index (χ1) is 7.19. The second-order valence-electron chi connectivity index (χ2n) is 2.98. The molecule has 1 unspecified atom stereocenters. The summed E-state index contributed by atoms with van der Waals surface area (Å²) in [6, 6.07) is 6.90. The lowest BCUT2D eigenvalue weighted by Gasteiger charge is -2.19. The molecule has 15 heavy (non-hydrogen) atoms. The lowest BCUT2D eigenvalue weighted by molar-refractivity contribution is -0.313. The van der Waals surface area contributed by atoms with Crippen molar-refractivity contribution in [2.24, 2.45) is 0 Å². The van der Waals surface area contributed by atoms with Gasteiger partial charge in [0.2, 0.25) is 0 Å². The van der Waals surface area contributed by atoms with E-state index in [1.165, 1.54) is 7.11 Å². The summed E-state index contributed by atoms with van der Waals surface area (Å²) >= 11 is 0. The summed E-state index contributed by atoms with van der Waals surface area (Å²) in [6.07, 6.45) is -0.596. The van der Waals surface area contributed by atoms with Crippen LogP contribution >= 0.6 is 0 Å². The minimum atomic E-state index is -1.22. The molecule has 0 radical (unpaired) electrons. The van der Waals surface area contributed by atoms with E-state index in [-0.39, 0.29) is 0 Å². The highest BCUT2D eigenvalue weighted by atomic mass is 16.5. The van der Waals surface area contributed by atoms with Gasteiger partial charge in [-0.1, -0.05) is 19.1 Å². The average Bonchev–Trinajstić information content (AvgIpc) is 2.25. The van der Waals surface area contributed by atoms with Crippen molar-refractivity contribution in [1.29, 1.82) is 0 Å². The maximum atomic E-state index is 10.7. The van der Waals surface area contributed by atoms with Crippen LogP contribution in [-0.2, 0) is 4.79 Å². The largest absolute Gasteiger partial charge is 0.546 e. The zero-order valence-corrected chi connectivity index (χ0v) is 8.73. The van der Waals surface area contributed by atoms with E-state index < -0.39 is 12.1 Å². The van der Waals surface area contributed by atoms with Crippen LogP contribution in [-0.4, -0.2) is 19.2 Å². The molecular weight excluding hydrogens is 196 g/mol. The highest BCUT2D eigenvalue weighted by molar-refractivity contribution is 5.70. The third-order valence-electron chi connectivity index (χ3n) is 1.97. The number of ether oxygens (including phenoxy) is 2. The number of benzene rings is 1. The molecule has 1 rings (SSSR count). The zero-order valence-electron chi connectivity index (χ0n) is 8.73. The summed E-state index contributed by atoms with van der Waals surface area (Å²) in [6.45, 7) is 1.72. The van der Waals surface area contributed by atoms with Crippen LogP contribution in [0.15, 0.2) is 24.3 Å². The van der Waals surface area contributed by atoms with Crippen LogP contribution in [0.1, 0.15) is 13.3 Å². The fraction of sp³-hybridized carbons (Fsp3) is 0.364. The Hall–Kier alpha value is -1.71. The van der Waals surface area contributed by atoms with Crippen LogP contribution in [0.5, 0.6) is 11.5 Å². The Labute approximate surface area is 88.4 Å². The molecule has 0 bridgehead atoms. The standard InChI is InChI=1S/C11H14O4/c1-3-8(11(12)13)15-10-7-5-4-6-9(10)14-2/h4-8H,3H2,1-2H3,(H,12,13)/p-1. The third-order valence-corrected chi connectivity index (χ3v) is 1.97. The fourth-order valence-electron chi connectivity index (χ4n) is 1.17. The van der Waals surface area contributed by atoms with Crippen molar-refractivity contribution < 1.29 is 19.4 Å². The zero-order chi connectivity index (χ0) is 11.3. The van der Waals surface area contributed by atoms with Gasteiger partial charge in [0.25, 0.3) is 0 Å². The predicted molar refractivity (Wildman–Crippen MR) is 52.7 cm³/mol. The minimum absolute atomic E-state index is 0.348. The van der Waals surface area contributed by atoms with Crippen LogP contribution in [0.4, 0.5) is 0 Å². The van der Waals surface area contributed by atoms with Gasteiger partial charge in [-0.3, -0.25) is 0 Å². The van der Waals surface area contributed by atoms with Gasteiger partial charge in [-0.15, -0.1) is 0 Å². The van der Waals surface area contributed by atoms with E-state index in [2.05, 4.69) is 0 Å². The van der Waals surface area contributed by atoms with E-state index in [9.17, 15) is 9.90 Å². The van der Waals surface area contributed by atoms with Crippen molar-refractivity contribution in [3.8, 4) is 11.5 Å². The summed E-state index contributed by atoms with van der Waals surface area (Å²) in [5.74, 6) is -0.295. The number of carboxylic acid groups (broad SMARTS) is 1. The number of rotatable bonds is 5. The number of carboxylic acids is 1. The molecule has 0 heterocycles. The maximum absolute atomic E-state index is 10.7. The van der Waals surface area contributed by atoms with Gasteiger partial charge in [-0.05, 0) is 18.6 Å². The van der Waals surface area contributed by atoms with Crippen molar-refractivity contribution in [2.45, 2.75) is 19.4 Å². The molecule has 0 aromatic heterocycles. The lowest BCUT2D eigenvalue weighted by Crippen LogP contribution is -2.39. The van der Waals surface area contributed by atoms with Crippen LogP contribution in [0.3, 0.4) is 0 Å². The molecule has 0 N–H and O–H groups in total. The smallest absolute Gasteiger partial charge is 0.162 e. The molecule has 0 amide bonds. The Kier molecular flexibility index (Phi) is 3.97. The number of para-hydroxylation sites is 2. The fourth-order valence-corrected chi connectivity index (χ4v) is 1.17. The summed E-state index contributed by atoms with van der Waals surface area (Å²) in [4.78, 5) is 10.7. The summed E-state index contributed by atoms with van der Waals surface area (Å²) < 4.78 is 10.3. The lowest BCUT2D eigenvalue weighted by atomic mass is 10.2. The van der Waals surface area contributed by atoms with Gasteiger partial charge in [0.15, 0.2) is 11.5 Å². The van der Waals surface area contributed by atoms with Gasteiger partial charge in [0, 0.05) is 0 Å². The van der Waals surface area contributed by atoms with Crippen molar-refractivity contribution in [1.82, 2.24) is 0 Å². The Morgan fingerprint density at radius 2 is 2.00 bits per heavy atom. The first-order valence-electron chi connectivity index (χ1n) is 4.69. The molecule has 0 aliphatic heterocycles. The van der Waals surface area contributed by atoms with Gasteiger partial charge in [0.05, 0.1) is 13.1 Å². The number of carbonyl (C=O) groups is 1. The highest BCUT2D eigenvalue weighted by Crippen LogP contribution is 2.27. The molecular formula is C11H13O4-. The van der Waals surface area contributed by atoms with Crippen LogP contribution in [0, 0.1) is 0 Å². The highest BCUT2D eigenvalue weighted by Gasteiger charge is 2.11. The second kappa shape index (κ2) is 5.24. The van der Waals surface area contributed by atoms with E-state index in [1.54, 1.807) is 31.2 Å². The van der Waals surface area contributed by atoms with E-state index in [4.69, 9.17) is 9.47 Å². The summed E-state index contributed by atoms with van der Waals surface area (Å²) in [5.41, 5.74) is 0. The topological polar surface area (TPSA) is 58.6 Å². The summed E-state index contributed by atoms with van der Waals surface area (Å²) in [7, 11) is 1.50. The molecule has 0 spiro atoms. The molecule has 1 atom stereocenters. The SMILES string of the molecule is CCC(Oc1ccccc1OC)C(=O)[O-]. The number of carbonyl (C=O) groups excluding carboxylic acids is 1. The summed E-state index contributed by atoms with van der Waals surface area (Å²) in [5, 5.41) is 10.7. The van der Waals surface area contributed by atoms with E-state index in [0.29, 0.717) is 17.9 Å². The first-order valence-corrected chi connectivity index (χ1v) is 4.69. The van der Waals surface area contributed by atoms with Crippen LogP contribution in [0.25, 0.3) is 0 Å². The predicted octanol–water partition coefficient (Wildman–Crippen LogP) is 0.602. The van der Waals surface area contributed by atoms with Crippen LogP contribution in [0.2, 0.25) is 0 Å². The Balaban J connectivity index is 2.82. The number of methoxy groups -OCH3 is 1. The third kappa shape index (κ3) is 2.87. The Morgan fingerprint density at radius 3 is 2.47 bits per heavy atom. The van der Waals surface area contributed by atoms with Gasteiger partial charge in [-0.25, -0.2) is 0 Å². The molecule has 1 aromatic rings. The van der Waals surface area contributed by atoms with Crippen LogP contribution < -0.4 is 14.6 Å². The van der Waals surface area contributed by atoms with Crippen molar-refractivity contribution in [3.05, 3.63) is 24.3 Å². The molecule has 0 aliphatic rings. The van der Waals surface area contributed by atoms with Gasteiger partial charge >= 0.3 is 0 Å². The van der Waals surface area contributed by atoms with E-state index in [1.807, 2.05) is 0 Å². The molecule has 0 saturated carbocycles. The first kappa shape index (κ1) is 11.4. The quantitative estimate of drug-likeness (QED) is 0.712. The van der Waals surface area contributed by atoms with Crippen molar-refractivity contribution in [2.75, 3.05) is 7.11 Å². The molecule has 0 aliphatic carbocycles. The molecule has 1 aromatic carbocycles. The van der Waals surface area contributed by atoms with Gasteiger partial charge < -0.3 is 19.4 Å². The number of hydrogen-bond donors (Lipinski definition) is 0. The molecule has 0 fully saturated rings. The number of hydrogen-bond acceptors (Lipinski definition) is 4. The molecule has 4 nitrogen and oxygen atoms in total. The van der Waals surface area contributed by atoms with Crippen molar-refractivity contribution in [3.63, 3.8) is 0 Å². The molecule has 0 saturated heterocycles. The van der Waals surface area contributed by atoms with Gasteiger partial charge in [0.1, 0.15) is 6.10 Å². The van der Waals surface area contributed by atoms with Gasteiger partial charge in [-0.2, -0.15) is 0 Å². The Bertz CT molecular complexity index is 335. The number of aliphatic carboxylic acids is 1.